The van der Waals surface area contributed by atoms with E-state index in [1.807, 2.05) is 37.3 Å². The summed E-state index contributed by atoms with van der Waals surface area (Å²) in [6, 6.07) is 13.2. The van der Waals surface area contributed by atoms with Crippen molar-refractivity contribution in [1.29, 1.82) is 0 Å². The van der Waals surface area contributed by atoms with Gasteiger partial charge in [-0.1, -0.05) is 29.8 Å². The summed E-state index contributed by atoms with van der Waals surface area (Å²) in [4.78, 5) is 15.8. The molecule has 0 radical (unpaired) electrons. The van der Waals surface area contributed by atoms with Crippen molar-refractivity contribution in [3.05, 3.63) is 65.7 Å². The van der Waals surface area contributed by atoms with Gasteiger partial charge in [0.1, 0.15) is 12.2 Å². The van der Waals surface area contributed by atoms with Crippen molar-refractivity contribution >= 4 is 5.97 Å². The zero-order valence-electron chi connectivity index (χ0n) is 14.1. The van der Waals surface area contributed by atoms with E-state index >= 15 is 0 Å². The van der Waals surface area contributed by atoms with Crippen LogP contribution < -0.4 is 0 Å². The second-order valence-electron chi connectivity index (χ2n) is 5.77. The van der Waals surface area contributed by atoms with E-state index in [2.05, 4.69) is 10.1 Å². The molecule has 0 atom stereocenters. The molecular weight excluding hydrogens is 318 g/mol. The number of hydrogen-bond acceptors (Lipinski definition) is 4. The lowest BCUT2D eigenvalue weighted by atomic mass is 10.0. The van der Waals surface area contributed by atoms with Crippen LogP contribution in [0.15, 0.2) is 48.8 Å². The highest BCUT2D eigenvalue weighted by Gasteiger charge is 2.13. The third kappa shape index (κ3) is 3.75. The number of aromatic nitrogens is 3. The molecule has 0 aliphatic rings. The summed E-state index contributed by atoms with van der Waals surface area (Å²) >= 11 is 0. The summed E-state index contributed by atoms with van der Waals surface area (Å²) in [6.45, 7) is 2.53. The second-order valence-corrected chi connectivity index (χ2v) is 5.77. The number of benzene rings is 2. The van der Waals surface area contributed by atoms with Crippen LogP contribution in [0.4, 0.5) is 0 Å². The monoisotopic (exact) mass is 337 g/mol. The Labute approximate surface area is 145 Å². The van der Waals surface area contributed by atoms with Crippen LogP contribution in [0.1, 0.15) is 21.7 Å². The molecular formula is C19H19N3O3. The fraction of sp³-hybridized carbons (Fsp3) is 0.211. The standard InChI is InChI=1S/C19H19N3O3/c1-13-3-5-14(6-4-13)15-9-16(19(23)24)11-17(10-15)22-18(7-8-25-2)20-12-21-22/h3-6,9-12H,7-8H2,1-2H3,(H,23,24). The quantitative estimate of drug-likeness (QED) is 0.748. The van der Waals surface area contributed by atoms with E-state index < -0.39 is 5.97 Å². The van der Waals surface area contributed by atoms with Crippen molar-refractivity contribution in [2.24, 2.45) is 0 Å². The molecule has 3 rings (SSSR count). The fourth-order valence-corrected chi connectivity index (χ4v) is 2.61. The van der Waals surface area contributed by atoms with Crippen LogP contribution in [0.25, 0.3) is 16.8 Å². The SMILES string of the molecule is COCCc1ncnn1-c1cc(C(=O)O)cc(-c2ccc(C)cc2)c1. The molecule has 0 aliphatic carbocycles. The summed E-state index contributed by atoms with van der Waals surface area (Å²) in [6.07, 6.45) is 2.05. The van der Waals surface area contributed by atoms with E-state index in [1.54, 1.807) is 23.9 Å². The van der Waals surface area contributed by atoms with Crippen LogP contribution in [0.5, 0.6) is 0 Å². The van der Waals surface area contributed by atoms with E-state index in [4.69, 9.17) is 4.74 Å². The first-order chi connectivity index (χ1) is 12.1. The van der Waals surface area contributed by atoms with Crippen molar-refractivity contribution < 1.29 is 14.6 Å². The Morgan fingerprint density at radius 3 is 2.60 bits per heavy atom. The second kappa shape index (κ2) is 7.27. The van der Waals surface area contributed by atoms with E-state index in [1.165, 1.54) is 6.33 Å². The number of aromatic carboxylic acids is 1. The predicted molar refractivity (Wildman–Crippen MR) is 94.1 cm³/mol. The number of aryl methyl sites for hydroxylation is 1. The molecule has 1 heterocycles. The Morgan fingerprint density at radius 2 is 1.92 bits per heavy atom. The lowest BCUT2D eigenvalue weighted by molar-refractivity contribution is 0.0697. The van der Waals surface area contributed by atoms with Crippen molar-refractivity contribution in [3.8, 4) is 16.8 Å². The lowest BCUT2D eigenvalue weighted by Gasteiger charge is -2.10. The molecule has 0 unspecified atom stereocenters. The summed E-state index contributed by atoms with van der Waals surface area (Å²) in [7, 11) is 1.63. The topological polar surface area (TPSA) is 77.2 Å². The summed E-state index contributed by atoms with van der Waals surface area (Å²) < 4.78 is 6.75. The first-order valence-electron chi connectivity index (χ1n) is 7.92. The minimum atomic E-state index is -0.978. The summed E-state index contributed by atoms with van der Waals surface area (Å²) in [5.41, 5.74) is 3.80. The molecule has 6 nitrogen and oxygen atoms in total. The molecule has 1 aromatic heterocycles. The average Bonchev–Trinajstić information content (AvgIpc) is 3.08. The first-order valence-corrected chi connectivity index (χ1v) is 7.92. The summed E-state index contributed by atoms with van der Waals surface area (Å²) in [5.74, 6) is -0.256. The Balaban J connectivity index is 2.09. The van der Waals surface area contributed by atoms with E-state index in [9.17, 15) is 9.90 Å². The third-order valence-electron chi connectivity index (χ3n) is 3.94. The highest BCUT2D eigenvalue weighted by Crippen LogP contribution is 2.25. The van der Waals surface area contributed by atoms with Gasteiger partial charge < -0.3 is 9.84 Å². The van der Waals surface area contributed by atoms with Crippen molar-refractivity contribution in [2.75, 3.05) is 13.7 Å². The minimum absolute atomic E-state index is 0.210. The van der Waals surface area contributed by atoms with Gasteiger partial charge in [0.2, 0.25) is 0 Å². The van der Waals surface area contributed by atoms with Gasteiger partial charge in [0.15, 0.2) is 0 Å². The van der Waals surface area contributed by atoms with Gasteiger partial charge in [0.05, 0.1) is 17.9 Å². The Bertz CT molecular complexity index is 885. The average molecular weight is 337 g/mol. The molecule has 0 bridgehead atoms. The van der Waals surface area contributed by atoms with Gasteiger partial charge in [-0.25, -0.2) is 14.5 Å². The fourth-order valence-electron chi connectivity index (χ4n) is 2.61. The van der Waals surface area contributed by atoms with Crippen molar-refractivity contribution in [1.82, 2.24) is 14.8 Å². The molecule has 2 aromatic carbocycles. The molecule has 3 aromatic rings. The van der Waals surface area contributed by atoms with Crippen molar-refractivity contribution in [2.45, 2.75) is 13.3 Å². The van der Waals surface area contributed by atoms with Gasteiger partial charge in [0, 0.05) is 13.5 Å². The molecule has 0 saturated carbocycles. The number of ether oxygens (including phenoxy) is 1. The number of rotatable bonds is 6. The van der Waals surface area contributed by atoms with Gasteiger partial charge in [-0.2, -0.15) is 5.10 Å². The minimum Gasteiger partial charge on any atom is -0.478 e. The van der Waals surface area contributed by atoms with Gasteiger partial charge in [-0.05, 0) is 36.2 Å². The zero-order valence-corrected chi connectivity index (χ0v) is 14.1. The molecule has 6 heteroatoms. The number of carboxylic acid groups (broad SMARTS) is 1. The maximum absolute atomic E-state index is 11.6. The van der Waals surface area contributed by atoms with Crippen LogP contribution >= 0.6 is 0 Å². The van der Waals surface area contributed by atoms with Crippen LogP contribution in [-0.4, -0.2) is 39.6 Å². The normalized spacial score (nSPS) is 10.8. The molecule has 0 spiro atoms. The van der Waals surface area contributed by atoms with Gasteiger partial charge in [0.25, 0.3) is 0 Å². The Hall–Kier alpha value is -2.99. The van der Waals surface area contributed by atoms with Gasteiger partial charge in [-0.15, -0.1) is 0 Å². The molecule has 1 N–H and O–H groups in total. The maximum Gasteiger partial charge on any atom is 0.335 e. The zero-order chi connectivity index (χ0) is 17.8. The number of carbonyl (C=O) groups is 1. The molecule has 128 valence electrons. The van der Waals surface area contributed by atoms with E-state index in [0.29, 0.717) is 18.7 Å². The Kier molecular flexibility index (Phi) is 4.90. The molecule has 0 amide bonds. The van der Waals surface area contributed by atoms with Crippen LogP contribution in [0.2, 0.25) is 0 Å². The lowest BCUT2D eigenvalue weighted by Crippen LogP contribution is -2.08. The highest BCUT2D eigenvalue weighted by atomic mass is 16.5. The van der Waals surface area contributed by atoms with Crippen LogP contribution in [0, 0.1) is 6.92 Å². The summed E-state index contributed by atoms with van der Waals surface area (Å²) in [5, 5.41) is 13.7. The molecule has 0 aliphatic heterocycles. The number of carboxylic acids is 1. The third-order valence-corrected chi connectivity index (χ3v) is 3.94. The Morgan fingerprint density at radius 1 is 1.16 bits per heavy atom. The van der Waals surface area contributed by atoms with Crippen LogP contribution in [-0.2, 0) is 11.2 Å². The number of hydrogen-bond donors (Lipinski definition) is 1. The van der Waals surface area contributed by atoms with Gasteiger partial charge in [-0.3, -0.25) is 0 Å². The predicted octanol–water partition coefficient (Wildman–Crippen LogP) is 3.13. The first kappa shape index (κ1) is 16.9. The highest BCUT2D eigenvalue weighted by molar-refractivity contribution is 5.90. The van der Waals surface area contributed by atoms with Crippen molar-refractivity contribution in [3.63, 3.8) is 0 Å². The molecule has 25 heavy (non-hydrogen) atoms. The smallest absolute Gasteiger partial charge is 0.335 e. The van der Waals surface area contributed by atoms with E-state index in [-0.39, 0.29) is 5.56 Å². The molecule has 0 fully saturated rings. The number of methoxy groups -OCH3 is 1. The van der Waals surface area contributed by atoms with E-state index in [0.717, 1.165) is 22.5 Å². The largest absolute Gasteiger partial charge is 0.478 e. The van der Waals surface area contributed by atoms with Crippen LogP contribution in [0.3, 0.4) is 0 Å². The number of nitrogens with zero attached hydrogens (tertiary/aromatic N) is 3. The maximum atomic E-state index is 11.6. The van der Waals surface area contributed by atoms with Gasteiger partial charge >= 0.3 is 5.97 Å². The molecule has 0 saturated heterocycles.